The molecule has 4 aromatic rings. The Labute approximate surface area is 185 Å². The number of halogens is 1. The lowest BCUT2D eigenvalue weighted by molar-refractivity contribution is 0.0937. The molecule has 1 heterocycles. The highest BCUT2D eigenvalue weighted by Gasteiger charge is 2.21. The van der Waals surface area contributed by atoms with E-state index in [2.05, 4.69) is 5.32 Å². The number of carbonyl (C=O) groups excluding carboxylic acids is 2. The Hall–Kier alpha value is -3.44. The van der Waals surface area contributed by atoms with Crippen molar-refractivity contribution in [2.24, 2.45) is 0 Å². The van der Waals surface area contributed by atoms with Crippen LogP contribution in [0.2, 0.25) is 5.02 Å². The van der Waals surface area contributed by atoms with E-state index < -0.39 is 6.04 Å². The van der Waals surface area contributed by atoms with Crippen LogP contribution in [0.1, 0.15) is 45.1 Å². The number of nitrogens with one attached hydrogen (secondary N) is 1. The van der Waals surface area contributed by atoms with Crippen molar-refractivity contribution in [2.45, 2.75) is 26.4 Å². The van der Waals surface area contributed by atoms with Gasteiger partial charge in [0, 0.05) is 16.1 Å². The molecule has 0 fully saturated rings. The van der Waals surface area contributed by atoms with Crippen molar-refractivity contribution in [1.29, 1.82) is 0 Å². The summed E-state index contributed by atoms with van der Waals surface area (Å²) in [7, 11) is 0. The summed E-state index contributed by atoms with van der Waals surface area (Å²) in [5, 5.41) is 3.59. The van der Waals surface area contributed by atoms with Gasteiger partial charge in [0.2, 0.25) is 0 Å². The Morgan fingerprint density at radius 1 is 1.00 bits per heavy atom. The lowest BCUT2D eigenvalue weighted by atomic mass is 10.1. The summed E-state index contributed by atoms with van der Waals surface area (Å²) in [6.07, 6.45) is 0. The Kier molecular flexibility index (Phi) is 5.87. The molecular weight excluding hydrogens is 410 g/mol. The van der Waals surface area contributed by atoms with Crippen LogP contribution in [-0.4, -0.2) is 21.2 Å². The van der Waals surface area contributed by atoms with Gasteiger partial charge in [-0.2, -0.15) is 0 Å². The number of para-hydroxylation sites is 2. The van der Waals surface area contributed by atoms with Crippen LogP contribution in [0.5, 0.6) is 0 Å². The molecule has 1 atom stereocenters. The highest BCUT2D eigenvalue weighted by Crippen LogP contribution is 2.22. The third kappa shape index (κ3) is 4.52. The maximum atomic E-state index is 12.9. The van der Waals surface area contributed by atoms with Crippen molar-refractivity contribution in [3.05, 3.63) is 100 Å². The molecule has 3 aromatic carbocycles. The Bertz CT molecular complexity index is 1260. The van der Waals surface area contributed by atoms with E-state index in [9.17, 15) is 9.59 Å². The quantitative estimate of drug-likeness (QED) is 0.417. The second-order valence-electron chi connectivity index (χ2n) is 7.54. The number of nitrogens with zero attached hydrogens (tertiary/aromatic N) is 2. The van der Waals surface area contributed by atoms with Crippen molar-refractivity contribution in [3.8, 4) is 0 Å². The molecule has 4 rings (SSSR count). The highest BCUT2D eigenvalue weighted by atomic mass is 35.5. The largest absolute Gasteiger partial charge is 0.342 e. The van der Waals surface area contributed by atoms with Gasteiger partial charge in [-0.15, -0.1) is 0 Å². The zero-order chi connectivity index (χ0) is 22.0. The van der Waals surface area contributed by atoms with Gasteiger partial charge in [0.1, 0.15) is 5.82 Å². The minimum absolute atomic E-state index is 0.0571. The summed E-state index contributed by atoms with van der Waals surface area (Å²) in [5.41, 5.74) is 3.80. The van der Waals surface area contributed by atoms with Gasteiger partial charge in [-0.25, -0.2) is 4.98 Å². The van der Waals surface area contributed by atoms with Gasteiger partial charge < -0.3 is 9.88 Å². The monoisotopic (exact) mass is 431 g/mol. The number of carbonyl (C=O) groups is 2. The molecule has 0 aliphatic rings. The first kappa shape index (κ1) is 20.8. The molecule has 0 bridgehead atoms. The molecule has 1 amide bonds. The van der Waals surface area contributed by atoms with Gasteiger partial charge in [-0.05, 0) is 62.4 Å². The number of hydrogen-bond acceptors (Lipinski definition) is 3. The minimum atomic E-state index is -0.390. The summed E-state index contributed by atoms with van der Waals surface area (Å²) < 4.78 is 1.87. The number of rotatable bonds is 6. The number of fused-ring (bicyclic) bond motifs is 1. The van der Waals surface area contributed by atoms with E-state index in [1.807, 2.05) is 60.9 Å². The number of ketones is 1. The lowest BCUT2D eigenvalue weighted by Crippen LogP contribution is -2.29. The van der Waals surface area contributed by atoms with Crippen molar-refractivity contribution in [1.82, 2.24) is 14.9 Å². The molecule has 156 valence electrons. The van der Waals surface area contributed by atoms with Gasteiger partial charge in [-0.1, -0.05) is 41.4 Å². The molecule has 1 unspecified atom stereocenters. The first-order valence-electron chi connectivity index (χ1n) is 10.0. The number of benzene rings is 3. The third-order valence-electron chi connectivity index (χ3n) is 5.17. The minimum Gasteiger partial charge on any atom is -0.342 e. The maximum absolute atomic E-state index is 12.9. The molecule has 1 aromatic heterocycles. The van der Waals surface area contributed by atoms with Crippen LogP contribution in [0.4, 0.5) is 0 Å². The van der Waals surface area contributed by atoms with Crippen LogP contribution in [-0.2, 0) is 6.54 Å². The topological polar surface area (TPSA) is 64.0 Å². The zero-order valence-corrected chi connectivity index (χ0v) is 18.1. The molecule has 0 spiro atoms. The van der Waals surface area contributed by atoms with Gasteiger partial charge in [0.25, 0.3) is 5.91 Å². The van der Waals surface area contributed by atoms with Gasteiger partial charge in [-0.3, -0.25) is 9.59 Å². The van der Waals surface area contributed by atoms with Crippen molar-refractivity contribution >= 4 is 34.3 Å². The predicted octanol–water partition coefficient (Wildman–Crippen LogP) is 5.37. The van der Waals surface area contributed by atoms with Crippen molar-refractivity contribution in [2.75, 3.05) is 0 Å². The zero-order valence-electron chi connectivity index (χ0n) is 17.3. The van der Waals surface area contributed by atoms with Crippen molar-refractivity contribution < 1.29 is 9.59 Å². The van der Waals surface area contributed by atoms with Crippen LogP contribution in [0.25, 0.3) is 11.0 Å². The number of Topliss-reactive ketones (excluding diaryl/α,β-unsaturated/α-hetero) is 1. The van der Waals surface area contributed by atoms with Gasteiger partial charge >= 0.3 is 0 Å². The van der Waals surface area contributed by atoms with E-state index >= 15 is 0 Å². The fourth-order valence-electron chi connectivity index (χ4n) is 3.59. The van der Waals surface area contributed by atoms with Crippen LogP contribution < -0.4 is 5.32 Å². The first-order chi connectivity index (χ1) is 14.9. The molecule has 0 radical (unpaired) electrons. The molecule has 31 heavy (non-hydrogen) atoms. The Morgan fingerprint density at radius 3 is 2.48 bits per heavy atom. The Morgan fingerprint density at radius 2 is 1.74 bits per heavy atom. The molecule has 0 saturated heterocycles. The molecule has 6 heteroatoms. The Balaban J connectivity index is 1.65. The van der Waals surface area contributed by atoms with Crippen molar-refractivity contribution in [3.63, 3.8) is 0 Å². The summed E-state index contributed by atoms with van der Waals surface area (Å²) >= 11 is 5.95. The third-order valence-corrected chi connectivity index (χ3v) is 5.42. The first-order valence-corrected chi connectivity index (χ1v) is 10.4. The number of hydrogen-bond donors (Lipinski definition) is 1. The van der Waals surface area contributed by atoms with E-state index in [1.54, 1.807) is 30.3 Å². The highest BCUT2D eigenvalue weighted by molar-refractivity contribution is 6.30. The molecule has 0 aliphatic carbocycles. The summed E-state index contributed by atoms with van der Waals surface area (Å²) in [6.45, 7) is 3.93. The number of imidazole rings is 1. The second-order valence-corrected chi connectivity index (χ2v) is 7.98. The van der Waals surface area contributed by atoms with E-state index in [1.165, 1.54) is 0 Å². The summed E-state index contributed by atoms with van der Waals surface area (Å²) in [4.78, 5) is 30.4. The normalized spacial score (nSPS) is 12.0. The fourth-order valence-corrected chi connectivity index (χ4v) is 3.72. The van der Waals surface area contributed by atoms with E-state index in [-0.39, 0.29) is 18.2 Å². The lowest BCUT2D eigenvalue weighted by Gasteiger charge is -2.16. The smallest absolute Gasteiger partial charge is 0.251 e. The van der Waals surface area contributed by atoms with E-state index in [0.717, 1.165) is 16.6 Å². The molecule has 5 nitrogen and oxygen atoms in total. The average molecular weight is 432 g/mol. The van der Waals surface area contributed by atoms with Crippen LogP contribution in [0, 0.1) is 6.92 Å². The van der Waals surface area contributed by atoms with Crippen LogP contribution in [0.15, 0.2) is 72.8 Å². The standard InChI is InChI=1S/C25H22ClN3O2/c1-16-6-5-7-19(14-16)25(31)27-17(2)24-28-21-8-3-4-9-22(21)29(24)15-23(30)18-10-12-20(26)13-11-18/h3-14,17H,15H2,1-2H3,(H,27,31). The number of amides is 1. The summed E-state index contributed by atoms with van der Waals surface area (Å²) in [6, 6.07) is 21.5. The summed E-state index contributed by atoms with van der Waals surface area (Å²) in [5.74, 6) is 0.390. The molecule has 1 N–H and O–H groups in total. The average Bonchev–Trinajstić information content (AvgIpc) is 3.13. The van der Waals surface area contributed by atoms with Crippen LogP contribution >= 0.6 is 11.6 Å². The SMILES string of the molecule is Cc1cccc(C(=O)NC(C)c2nc3ccccc3n2CC(=O)c2ccc(Cl)cc2)c1. The second kappa shape index (κ2) is 8.74. The van der Waals surface area contributed by atoms with E-state index in [4.69, 9.17) is 16.6 Å². The van der Waals surface area contributed by atoms with E-state index in [0.29, 0.717) is 22.0 Å². The fraction of sp³-hybridized carbons (Fsp3) is 0.160. The number of aromatic nitrogens is 2. The molecule has 0 aliphatic heterocycles. The number of aryl methyl sites for hydroxylation is 1. The van der Waals surface area contributed by atoms with Crippen LogP contribution in [0.3, 0.4) is 0 Å². The maximum Gasteiger partial charge on any atom is 0.251 e. The molecule has 0 saturated carbocycles. The van der Waals surface area contributed by atoms with Gasteiger partial charge in [0.05, 0.1) is 23.6 Å². The predicted molar refractivity (Wildman–Crippen MR) is 123 cm³/mol. The van der Waals surface area contributed by atoms with Gasteiger partial charge in [0.15, 0.2) is 5.78 Å². The molecular formula is C25H22ClN3O2.